The van der Waals surface area contributed by atoms with E-state index >= 15 is 0 Å². The number of imide groups is 1. The van der Waals surface area contributed by atoms with Gasteiger partial charge in [0.05, 0.1) is 16.3 Å². The number of hydrogen-bond donors (Lipinski definition) is 1. The molecule has 0 saturated carbocycles. The first kappa shape index (κ1) is 20.0. The van der Waals surface area contributed by atoms with Crippen LogP contribution in [0.5, 0.6) is 0 Å². The summed E-state index contributed by atoms with van der Waals surface area (Å²) < 4.78 is 0. The first-order valence-corrected chi connectivity index (χ1v) is 10.3. The number of carbonyl (C=O) groups is 2. The molecule has 0 radical (unpaired) electrons. The fraction of sp³-hybridized carbons (Fsp3) is 0.273. The Labute approximate surface area is 179 Å². The highest BCUT2D eigenvalue weighted by atomic mass is 35.5. The molecule has 5 nitrogen and oxygen atoms in total. The third-order valence-corrected chi connectivity index (χ3v) is 5.92. The van der Waals surface area contributed by atoms with Crippen molar-refractivity contribution in [3.05, 3.63) is 69.8 Å². The van der Waals surface area contributed by atoms with E-state index in [1.807, 2.05) is 35.2 Å². The molecule has 29 heavy (non-hydrogen) atoms. The van der Waals surface area contributed by atoms with Crippen LogP contribution in [-0.2, 0) is 9.59 Å². The van der Waals surface area contributed by atoms with Gasteiger partial charge in [0.2, 0.25) is 0 Å². The van der Waals surface area contributed by atoms with E-state index in [1.54, 1.807) is 12.1 Å². The molecule has 1 unspecified atom stereocenters. The van der Waals surface area contributed by atoms with E-state index < -0.39 is 11.8 Å². The van der Waals surface area contributed by atoms with Crippen LogP contribution >= 0.6 is 23.2 Å². The maximum atomic E-state index is 13.5. The van der Waals surface area contributed by atoms with Gasteiger partial charge in [-0.25, -0.2) is 4.90 Å². The highest BCUT2D eigenvalue weighted by Gasteiger charge is 2.44. The molecule has 7 heteroatoms. The van der Waals surface area contributed by atoms with Crippen LogP contribution in [0.15, 0.2) is 54.2 Å². The van der Waals surface area contributed by atoms with E-state index in [-0.39, 0.29) is 23.2 Å². The number of aliphatic hydroxyl groups is 1. The standard InChI is InChI=1S/C22H20Cl2N2O3/c23-16-8-9-17(24)18(11-16)26-21(28)19(15-6-2-1-3-7-15)20(22(26)29)25-10-4-5-14(12-25)13-27/h1-3,6-9,11,14,27H,4-5,10,12-13H2. The summed E-state index contributed by atoms with van der Waals surface area (Å²) in [4.78, 5) is 30.0. The van der Waals surface area contributed by atoms with E-state index in [0.717, 1.165) is 17.7 Å². The van der Waals surface area contributed by atoms with Crippen LogP contribution in [0.2, 0.25) is 10.0 Å². The Morgan fingerprint density at radius 1 is 1.03 bits per heavy atom. The van der Waals surface area contributed by atoms with E-state index in [0.29, 0.717) is 34.9 Å². The molecular weight excluding hydrogens is 411 g/mol. The number of piperidine rings is 1. The molecular formula is C22H20Cl2N2O3. The fourth-order valence-electron chi connectivity index (χ4n) is 3.97. The summed E-state index contributed by atoms with van der Waals surface area (Å²) in [7, 11) is 0. The fourth-order valence-corrected chi connectivity index (χ4v) is 4.34. The molecule has 150 valence electrons. The second kappa shape index (κ2) is 8.19. The van der Waals surface area contributed by atoms with Gasteiger partial charge < -0.3 is 10.0 Å². The summed E-state index contributed by atoms with van der Waals surface area (Å²) in [6, 6.07) is 13.9. The number of benzene rings is 2. The number of halogens is 2. The number of amides is 2. The molecule has 2 aromatic rings. The van der Waals surface area contributed by atoms with Crippen LogP contribution in [0.3, 0.4) is 0 Å². The van der Waals surface area contributed by atoms with Gasteiger partial charge in [-0.05, 0) is 42.5 Å². The first-order valence-electron chi connectivity index (χ1n) is 9.50. The number of aliphatic hydroxyl groups excluding tert-OH is 1. The Kier molecular flexibility index (Phi) is 5.63. The van der Waals surface area contributed by atoms with Crippen LogP contribution < -0.4 is 4.90 Å². The van der Waals surface area contributed by atoms with Crippen molar-refractivity contribution in [2.45, 2.75) is 12.8 Å². The highest BCUT2D eigenvalue weighted by Crippen LogP contribution is 2.39. The average Bonchev–Trinajstić information content (AvgIpc) is 3.00. The van der Waals surface area contributed by atoms with Gasteiger partial charge in [0, 0.05) is 24.7 Å². The lowest BCUT2D eigenvalue weighted by atomic mass is 9.97. The summed E-state index contributed by atoms with van der Waals surface area (Å²) in [6.07, 6.45) is 1.74. The lowest BCUT2D eigenvalue weighted by Crippen LogP contribution is -2.40. The van der Waals surface area contributed by atoms with Gasteiger partial charge in [0.25, 0.3) is 11.8 Å². The van der Waals surface area contributed by atoms with Crippen LogP contribution in [0, 0.1) is 5.92 Å². The number of carbonyl (C=O) groups excluding carboxylic acids is 2. The number of hydrogen-bond acceptors (Lipinski definition) is 4. The summed E-state index contributed by atoms with van der Waals surface area (Å²) >= 11 is 12.4. The molecule has 0 aromatic heterocycles. The molecule has 1 fully saturated rings. The molecule has 4 rings (SSSR count). The number of nitrogens with zero attached hydrogens (tertiary/aromatic N) is 2. The number of likely N-dealkylation sites (tertiary alicyclic amines) is 1. The zero-order valence-electron chi connectivity index (χ0n) is 15.6. The third-order valence-electron chi connectivity index (χ3n) is 5.36. The van der Waals surface area contributed by atoms with Crippen molar-refractivity contribution in [1.82, 2.24) is 4.90 Å². The quantitative estimate of drug-likeness (QED) is 0.745. The maximum Gasteiger partial charge on any atom is 0.282 e. The third kappa shape index (κ3) is 3.66. The van der Waals surface area contributed by atoms with Crippen molar-refractivity contribution < 1.29 is 14.7 Å². The van der Waals surface area contributed by atoms with Gasteiger partial charge in [0.1, 0.15) is 5.70 Å². The Balaban J connectivity index is 1.83. The summed E-state index contributed by atoms with van der Waals surface area (Å²) in [6.45, 7) is 1.23. The molecule has 1 atom stereocenters. The summed E-state index contributed by atoms with van der Waals surface area (Å²) in [5, 5.41) is 10.3. The molecule has 1 saturated heterocycles. The van der Waals surface area contributed by atoms with Crippen molar-refractivity contribution in [3.8, 4) is 0 Å². The van der Waals surface area contributed by atoms with Gasteiger partial charge in [-0.2, -0.15) is 0 Å². The topological polar surface area (TPSA) is 60.9 Å². The van der Waals surface area contributed by atoms with E-state index in [1.165, 1.54) is 6.07 Å². The molecule has 2 aromatic carbocycles. The van der Waals surface area contributed by atoms with Crippen LogP contribution in [-0.4, -0.2) is 41.5 Å². The molecule has 2 heterocycles. The van der Waals surface area contributed by atoms with Gasteiger partial charge in [-0.15, -0.1) is 0 Å². The Morgan fingerprint density at radius 3 is 2.52 bits per heavy atom. The zero-order chi connectivity index (χ0) is 20.5. The van der Waals surface area contributed by atoms with Crippen molar-refractivity contribution in [2.24, 2.45) is 5.92 Å². The van der Waals surface area contributed by atoms with Gasteiger partial charge in [-0.3, -0.25) is 9.59 Å². The number of rotatable bonds is 4. The largest absolute Gasteiger partial charge is 0.396 e. The normalized spacial score (nSPS) is 20.0. The van der Waals surface area contributed by atoms with E-state index in [9.17, 15) is 14.7 Å². The van der Waals surface area contributed by atoms with Crippen LogP contribution in [0.4, 0.5) is 5.69 Å². The lowest BCUT2D eigenvalue weighted by Gasteiger charge is -2.34. The SMILES string of the molecule is O=C1C(c2ccccc2)=C(N2CCCC(CO)C2)C(=O)N1c1cc(Cl)ccc1Cl. The van der Waals surface area contributed by atoms with Gasteiger partial charge in [-0.1, -0.05) is 53.5 Å². The van der Waals surface area contributed by atoms with Crippen LogP contribution in [0.1, 0.15) is 18.4 Å². The maximum absolute atomic E-state index is 13.5. The molecule has 2 amide bonds. The Hall–Kier alpha value is -2.34. The van der Waals surface area contributed by atoms with E-state index in [2.05, 4.69) is 0 Å². The summed E-state index contributed by atoms with van der Waals surface area (Å²) in [5.41, 5.74) is 1.65. The molecule has 2 aliphatic heterocycles. The molecule has 2 aliphatic rings. The zero-order valence-corrected chi connectivity index (χ0v) is 17.2. The highest BCUT2D eigenvalue weighted by molar-refractivity contribution is 6.47. The minimum Gasteiger partial charge on any atom is -0.396 e. The second-order valence-corrected chi connectivity index (χ2v) is 8.11. The minimum absolute atomic E-state index is 0.0520. The molecule has 0 aliphatic carbocycles. The van der Waals surface area contributed by atoms with Crippen molar-refractivity contribution in [1.29, 1.82) is 0 Å². The lowest BCUT2D eigenvalue weighted by molar-refractivity contribution is -0.120. The average molecular weight is 431 g/mol. The smallest absolute Gasteiger partial charge is 0.282 e. The van der Waals surface area contributed by atoms with Gasteiger partial charge >= 0.3 is 0 Å². The van der Waals surface area contributed by atoms with Crippen molar-refractivity contribution in [2.75, 3.05) is 24.6 Å². The predicted octanol–water partition coefficient (Wildman–Crippen LogP) is 3.98. The molecule has 0 bridgehead atoms. The van der Waals surface area contributed by atoms with Gasteiger partial charge in [0.15, 0.2) is 0 Å². The summed E-state index contributed by atoms with van der Waals surface area (Å²) in [5.74, 6) is -0.775. The monoisotopic (exact) mass is 430 g/mol. The second-order valence-electron chi connectivity index (χ2n) is 7.27. The molecule has 1 N–H and O–H groups in total. The first-order chi connectivity index (χ1) is 14.0. The Bertz CT molecular complexity index is 991. The predicted molar refractivity (Wildman–Crippen MR) is 114 cm³/mol. The Morgan fingerprint density at radius 2 is 1.79 bits per heavy atom. The minimum atomic E-state index is -0.425. The number of anilines is 1. The van der Waals surface area contributed by atoms with Crippen LogP contribution in [0.25, 0.3) is 5.57 Å². The van der Waals surface area contributed by atoms with Crippen molar-refractivity contribution in [3.63, 3.8) is 0 Å². The molecule has 0 spiro atoms. The van der Waals surface area contributed by atoms with Crippen molar-refractivity contribution >= 4 is 46.3 Å². The van der Waals surface area contributed by atoms with E-state index in [4.69, 9.17) is 23.2 Å².